The van der Waals surface area contributed by atoms with Gasteiger partial charge in [-0.25, -0.2) is 0 Å². The van der Waals surface area contributed by atoms with Crippen LogP contribution in [0.4, 0.5) is 26.3 Å². The maximum atomic E-state index is 13.2. The van der Waals surface area contributed by atoms with Crippen molar-refractivity contribution >= 4 is 25.8 Å². The molecule has 1 unspecified atom stereocenters. The van der Waals surface area contributed by atoms with Crippen molar-refractivity contribution in [1.29, 1.82) is 0 Å². The zero-order valence-corrected chi connectivity index (χ0v) is 20.1. The Balaban J connectivity index is 2.02. The molecule has 0 fully saturated rings. The van der Waals surface area contributed by atoms with Crippen LogP contribution in [0.5, 0.6) is 5.75 Å². The summed E-state index contributed by atoms with van der Waals surface area (Å²) < 4.78 is 135. The van der Waals surface area contributed by atoms with Crippen LogP contribution < -0.4 is 4.18 Å². The molecule has 0 radical (unpaired) electrons. The van der Waals surface area contributed by atoms with Crippen LogP contribution in [0.3, 0.4) is 0 Å². The second-order valence-electron chi connectivity index (χ2n) is 8.55. The van der Waals surface area contributed by atoms with Crippen molar-refractivity contribution in [2.45, 2.75) is 56.0 Å². The van der Waals surface area contributed by atoms with Gasteiger partial charge < -0.3 is 8.37 Å². The van der Waals surface area contributed by atoms with E-state index in [-0.39, 0.29) is 23.5 Å². The molecule has 14 heteroatoms. The van der Waals surface area contributed by atoms with Crippen LogP contribution in [0.25, 0.3) is 5.57 Å². The summed E-state index contributed by atoms with van der Waals surface area (Å²) >= 11 is 0. The minimum atomic E-state index is -6.14. The molecular formula is C22H20F6O6S2. The van der Waals surface area contributed by atoms with Gasteiger partial charge in [-0.1, -0.05) is 18.2 Å². The van der Waals surface area contributed by atoms with E-state index in [4.69, 9.17) is 0 Å². The molecule has 0 spiro atoms. The van der Waals surface area contributed by atoms with Crippen LogP contribution >= 0.6 is 0 Å². The minimum Gasteiger partial charge on any atom is -0.375 e. The maximum Gasteiger partial charge on any atom is 0.534 e. The quantitative estimate of drug-likeness (QED) is 0.263. The second kappa shape index (κ2) is 9.12. The standard InChI is InChI=1S/C22H20F6O6S2/c23-21(24,25)35(29,30)33-17-11-9-13-5-1-3-7-15(13)19(17)20-16-8-4-2-6-14(16)10-12-18(20)34-36(31,32)22(26,27)28/h7,9-13H,1-6,8H2. The average molecular weight is 559 g/mol. The van der Waals surface area contributed by atoms with Gasteiger partial charge in [0.15, 0.2) is 11.5 Å². The van der Waals surface area contributed by atoms with Crippen LogP contribution in [0.1, 0.15) is 48.8 Å². The van der Waals surface area contributed by atoms with Gasteiger partial charge in [-0.3, -0.25) is 0 Å². The van der Waals surface area contributed by atoms with Crippen LogP contribution in [0.2, 0.25) is 0 Å². The van der Waals surface area contributed by atoms with E-state index in [1.165, 1.54) is 12.1 Å². The Kier molecular flexibility index (Phi) is 6.73. The van der Waals surface area contributed by atoms with Gasteiger partial charge in [0.2, 0.25) is 0 Å². The molecule has 0 amide bonds. The SMILES string of the molecule is O=S(=O)(OC1=C(c2c(OS(=O)(=O)C(F)(F)F)ccc3c2CCCC3)C2=CCCCC2C=C1)C(F)(F)F. The van der Waals surface area contributed by atoms with Crippen LogP contribution in [0.15, 0.2) is 41.7 Å². The van der Waals surface area contributed by atoms with Gasteiger partial charge in [0.05, 0.1) is 0 Å². The van der Waals surface area contributed by atoms with Crippen molar-refractivity contribution in [2.75, 3.05) is 0 Å². The molecule has 0 N–H and O–H groups in total. The highest BCUT2D eigenvalue weighted by atomic mass is 32.2. The smallest absolute Gasteiger partial charge is 0.375 e. The van der Waals surface area contributed by atoms with Gasteiger partial charge in [-0.05, 0) is 73.8 Å². The Morgan fingerprint density at radius 2 is 1.47 bits per heavy atom. The fourth-order valence-electron chi connectivity index (χ4n) is 4.64. The number of alkyl halides is 6. The molecule has 0 aliphatic heterocycles. The molecule has 1 aromatic carbocycles. The molecule has 198 valence electrons. The lowest BCUT2D eigenvalue weighted by atomic mass is 9.75. The highest BCUT2D eigenvalue weighted by Crippen LogP contribution is 2.48. The van der Waals surface area contributed by atoms with E-state index in [9.17, 15) is 43.2 Å². The van der Waals surface area contributed by atoms with Crippen LogP contribution in [-0.4, -0.2) is 27.9 Å². The summed E-state index contributed by atoms with van der Waals surface area (Å²) in [5, 5.41) is 0. The Morgan fingerprint density at radius 3 is 2.14 bits per heavy atom. The number of rotatable bonds is 5. The summed E-state index contributed by atoms with van der Waals surface area (Å²) in [5.41, 5.74) is -10.6. The van der Waals surface area contributed by atoms with Crippen molar-refractivity contribution in [3.05, 3.63) is 58.4 Å². The Labute approximate surface area is 203 Å². The lowest BCUT2D eigenvalue weighted by Crippen LogP contribution is -2.29. The monoisotopic (exact) mass is 558 g/mol. The number of halogens is 6. The molecule has 4 rings (SSSR count). The average Bonchev–Trinajstić information content (AvgIpc) is 2.77. The van der Waals surface area contributed by atoms with E-state index in [0.29, 0.717) is 48.8 Å². The fourth-order valence-corrected chi connectivity index (χ4v) is 5.58. The first-order chi connectivity index (χ1) is 16.6. The molecule has 0 saturated carbocycles. The molecular weight excluding hydrogens is 538 g/mol. The van der Waals surface area contributed by atoms with E-state index < -0.39 is 42.8 Å². The number of benzene rings is 1. The van der Waals surface area contributed by atoms with Crippen LogP contribution in [0, 0.1) is 5.92 Å². The molecule has 0 heterocycles. The Hall–Kier alpha value is -2.48. The Morgan fingerprint density at radius 1 is 0.833 bits per heavy atom. The number of hydrogen-bond donors (Lipinski definition) is 0. The number of aryl methyl sites for hydroxylation is 1. The van der Waals surface area contributed by atoms with E-state index in [1.807, 2.05) is 0 Å². The number of hydrogen-bond acceptors (Lipinski definition) is 6. The van der Waals surface area contributed by atoms with Gasteiger partial charge in [0.1, 0.15) is 0 Å². The largest absolute Gasteiger partial charge is 0.534 e. The molecule has 0 saturated heterocycles. The van der Waals surface area contributed by atoms with E-state index in [2.05, 4.69) is 8.37 Å². The predicted octanol–water partition coefficient (Wildman–Crippen LogP) is 5.67. The highest BCUT2D eigenvalue weighted by Gasteiger charge is 2.51. The second-order valence-corrected chi connectivity index (χ2v) is 11.6. The van der Waals surface area contributed by atoms with Crippen molar-refractivity contribution in [1.82, 2.24) is 0 Å². The summed E-state index contributed by atoms with van der Waals surface area (Å²) in [6.45, 7) is 0. The van der Waals surface area contributed by atoms with Gasteiger partial charge >= 0.3 is 31.3 Å². The minimum absolute atomic E-state index is 0.213. The Bertz CT molecular complexity index is 1370. The summed E-state index contributed by atoms with van der Waals surface area (Å²) in [5.74, 6) is -1.93. The summed E-state index contributed by atoms with van der Waals surface area (Å²) in [6, 6.07) is 2.40. The summed E-state index contributed by atoms with van der Waals surface area (Å²) in [4.78, 5) is 0. The van der Waals surface area contributed by atoms with Gasteiger partial charge in [-0.15, -0.1) is 0 Å². The van der Waals surface area contributed by atoms with Crippen molar-refractivity contribution in [2.24, 2.45) is 5.92 Å². The van der Waals surface area contributed by atoms with Crippen LogP contribution in [-0.2, 0) is 37.3 Å². The maximum absolute atomic E-state index is 13.2. The molecule has 0 aromatic heterocycles. The third kappa shape index (κ3) is 4.89. The third-order valence-electron chi connectivity index (χ3n) is 6.21. The zero-order valence-electron chi connectivity index (χ0n) is 18.4. The van der Waals surface area contributed by atoms with E-state index in [0.717, 1.165) is 18.6 Å². The van der Waals surface area contributed by atoms with Crippen molar-refractivity contribution in [3.8, 4) is 5.75 Å². The molecule has 3 aliphatic rings. The first kappa shape index (κ1) is 26.6. The normalized spacial score (nSPS) is 20.9. The lowest BCUT2D eigenvalue weighted by molar-refractivity contribution is -0.0520. The highest BCUT2D eigenvalue weighted by molar-refractivity contribution is 7.88. The van der Waals surface area contributed by atoms with E-state index in [1.54, 1.807) is 6.08 Å². The first-order valence-electron chi connectivity index (χ1n) is 10.9. The van der Waals surface area contributed by atoms with Crippen molar-refractivity contribution < 1.29 is 51.5 Å². The van der Waals surface area contributed by atoms with Gasteiger partial charge in [-0.2, -0.15) is 43.2 Å². The number of allylic oxidation sites excluding steroid dienone is 5. The molecule has 1 atom stereocenters. The van der Waals surface area contributed by atoms with Gasteiger partial charge in [0, 0.05) is 17.1 Å². The lowest BCUT2D eigenvalue weighted by Gasteiger charge is -2.32. The molecule has 1 aromatic rings. The molecule has 36 heavy (non-hydrogen) atoms. The molecule has 0 bridgehead atoms. The third-order valence-corrected chi connectivity index (χ3v) is 8.14. The summed E-state index contributed by atoms with van der Waals surface area (Å²) in [6.07, 6.45) is 7.87. The van der Waals surface area contributed by atoms with E-state index >= 15 is 0 Å². The molecule has 6 nitrogen and oxygen atoms in total. The summed E-state index contributed by atoms with van der Waals surface area (Å²) in [7, 11) is -12.3. The first-order valence-corrected chi connectivity index (χ1v) is 13.7. The molecule has 3 aliphatic carbocycles. The van der Waals surface area contributed by atoms with Gasteiger partial charge in [0.25, 0.3) is 0 Å². The zero-order chi connectivity index (χ0) is 26.5. The fraction of sp³-hybridized carbons (Fsp3) is 0.455. The topological polar surface area (TPSA) is 86.7 Å². The van der Waals surface area contributed by atoms with Crippen molar-refractivity contribution in [3.63, 3.8) is 0 Å². The predicted molar refractivity (Wildman–Crippen MR) is 116 cm³/mol. The number of fused-ring (bicyclic) bond motifs is 2.